The molecule has 6 nitrogen and oxygen atoms in total. The highest BCUT2D eigenvalue weighted by atomic mass is 32.1. The minimum absolute atomic E-state index is 0.0222. The van der Waals surface area contributed by atoms with Crippen LogP contribution in [0.15, 0.2) is 6.20 Å². The first-order chi connectivity index (χ1) is 10.2. The van der Waals surface area contributed by atoms with Gasteiger partial charge in [0.25, 0.3) is 0 Å². The Kier molecular flexibility index (Phi) is 5.05. The monoisotopic (exact) mass is 326 g/mol. The summed E-state index contributed by atoms with van der Waals surface area (Å²) in [5.74, 6) is -0.541. The summed E-state index contributed by atoms with van der Waals surface area (Å²) in [5.41, 5.74) is -0.477. The quantitative estimate of drug-likeness (QED) is 0.924. The SMILES string of the molecule is CC(C)(C)OC(=O)N1CCC(c2ncc(CC(=O)O)s2)CC1. The number of aliphatic carboxylic acids is 1. The number of carbonyl (C=O) groups is 2. The third kappa shape index (κ3) is 4.69. The fourth-order valence-electron chi connectivity index (χ4n) is 2.38. The van der Waals surface area contributed by atoms with E-state index in [9.17, 15) is 9.59 Å². The van der Waals surface area contributed by atoms with Gasteiger partial charge in [0, 0.05) is 30.1 Å². The van der Waals surface area contributed by atoms with Gasteiger partial charge in [0.1, 0.15) is 5.60 Å². The van der Waals surface area contributed by atoms with E-state index >= 15 is 0 Å². The molecular formula is C15H22N2O4S. The van der Waals surface area contributed by atoms with Crippen LogP contribution in [0, 0.1) is 0 Å². The van der Waals surface area contributed by atoms with Crippen LogP contribution < -0.4 is 0 Å². The second-order valence-corrected chi connectivity index (χ2v) is 7.62. The molecule has 0 unspecified atom stereocenters. The van der Waals surface area contributed by atoms with Gasteiger partial charge in [-0.15, -0.1) is 11.3 Å². The van der Waals surface area contributed by atoms with E-state index in [0.29, 0.717) is 19.0 Å². The van der Waals surface area contributed by atoms with Crippen LogP contribution >= 0.6 is 11.3 Å². The fraction of sp³-hybridized carbons (Fsp3) is 0.667. The molecule has 1 saturated heterocycles. The van der Waals surface area contributed by atoms with Gasteiger partial charge in [-0.1, -0.05) is 0 Å². The Morgan fingerprint density at radius 1 is 1.41 bits per heavy atom. The number of aromatic nitrogens is 1. The van der Waals surface area contributed by atoms with Gasteiger partial charge in [0.05, 0.1) is 11.4 Å². The molecule has 1 aromatic rings. The zero-order valence-electron chi connectivity index (χ0n) is 13.2. The molecule has 0 saturated carbocycles. The smallest absolute Gasteiger partial charge is 0.410 e. The zero-order valence-corrected chi connectivity index (χ0v) is 14.0. The number of carboxylic acid groups (broad SMARTS) is 1. The summed E-state index contributed by atoms with van der Waals surface area (Å²) >= 11 is 1.46. The molecule has 1 N–H and O–H groups in total. The molecule has 1 fully saturated rings. The molecule has 0 aliphatic carbocycles. The summed E-state index contributed by atoms with van der Waals surface area (Å²) in [7, 11) is 0. The molecule has 0 spiro atoms. The topological polar surface area (TPSA) is 79.7 Å². The lowest BCUT2D eigenvalue weighted by molar-refractivity contribution is -0.136. The molecule has 0 radical (unpaired) electrons. The lowest BCUT2D eigenvalue weighted by atomic mass is 9.98. The van der Waals surface area contributed by atoms with E-state index in [4.69, 9.17) is 9.84 Å². The maximum Gasteiger partial charge on any atom is 0.410 e. The third-order valence-electron chi connectivity index (χ3n) is 3.39. The van der Waals surface area contributed by atoms with Crippen molar-refractivity contribution in [1.82, 2.24) is 9.88 Å². The predicted octanol–water partition coefficient (Wildman–Crippen LogP) is 2.88. The van der Waals surface area contributed by atoms with E-state index in [1.165, 1.54) is 11.3 Å². The Morgan fingerprint density at radius 2 is 2.05 bits per heavy atom. The van der Waals surface area contributed by atoms with Crippen molar-refractivity contribution in [2.24, 2.45) is 0 Å². The van der Waals surface area contributed by atoms with Crippen molar-refractivity contribution < 1.29 is 19.4 Å². The first kappa shape index (κ1) is 16.7. The number of carbonyl (C=O) groups excluding carboxylic acids is 1. The molecule has 1 aliphatic heterocycles. The van der Waals surface area contributed by atoms with Crippen LogP contribution in [0.25, 0.3) is 0 Å². The molecule has 0 atom stereocenters. The van der Waals surface area contributed by atoms with E-state index in [1.807, 2.05) is 20.8 Å². The van der Waals surface area contributed by atoms with Crippen molar-refractivity contribution in [2.45, 2.75) is 51.6 Å². The summed E-state index contributed by atoms with van der Waals surface area (Å²) in [6, 6.07) is 0. The van der Waals surface area contributed by atoms with Gasteiger partial charge in [-0.05, 0) is 33.6 Å². The summed E-state index contributed by atoms with van der Waals surface area (Å²) in [4.78, 5) is 29.6. The number of rotatable bonds is 3. The second-order valence-electron chi connectivity index (χ2n) is 6.48. The third-order valence-corrected chi connectivity index (χ3v) is 4.55. The summed E-state index contributed by atoms with van der Waals surface area (Å²) in [5, 5.41) is 9.77. The minimum Gasteiger partial charge on any atom is -0.481 e. The number of likely N-dealkylation sites (tertiary alicyclic amines) is 1. The molecule has 2 rings (SSSR count). The number of nitrogens with zero attached hydrogens (tertiary/aromatic N) is 2. The average Bonchev–Trinajstić information content (AvgIpc) is 2.84. The summed E-state index contributed by atoms with van der Waals surface area (Å²) in [6.07, 6.45) is 3.07. The summed E-state index contributed by atoms with van der Waals surface area (Å²) in [6.45, 7) is 6.87. The molecule has 7 heteroatoms. The lowest BCUT2D eigenvalue weighted by Gasteiger charge is -2.32. The number of hydrogen-bond acceptors (Lipinski definition) is 5. The van der Waals surface area contributed by atoms with Crippen LogP contribution in [0.4, 0.5) is 4.79 Å². The lowest BCUT2D eigenvalue weighted by Crippen LogP contribution is -2.41. The van der Waals surface area contributed by atoms with Crippen molar-refractivity contribution in [2.75, 3.05) is 13.1 Å². The normalized spacial score (nSPS) is 16.6. The van der Waals surface area contributed by atoms with Crippen molar-refractivity contribution in [3.05, 3.63) is 16.1 Å². The summed E-state index contributed by atoms with van der Waals surface area (Å²) < 4.78 is 5.37. The van der Waals surface area contributed by atoms with Crippen molar-refractivity contribution in [1.29, 1.82) is 0 Å². The molecule has 1 aromatic heterocycles. The van der Waals surface area contributed by atoms with Crippen molar-refractivity contribution >= 4 is 23.4 Å². The minimum atomic E-state index is -0.838. The highest BCUT2D eigenvalue weighted by molar-refractivity contribution is 7.11. The van der Waals surface area contributed by atoms with Crippen LogP contribution in [0.3, 0.4) is 0 Å². The average molecular weight is 326 g/mol. The van der Waals surface area contributed by atoms with Gasteiger partial charge in [-0.2, -0.15) is 0 Å². The molecule has 22 heavy (non-hydrogen) atoms. The molecule has 122 valence electrons. The van der Waals surface area contributed by atoms with Gasteiger partial charge < -0.3 is 14.7 Å². The van der Waals surface area contributed by atoms with E-state index in [0.717, 1.165) is 22.7 Å². The molecule has 1 aliphatic rings. The Balaban J connectivity index is 1.88. The Hall–Kier alpha value is -1.63. The standard InChI is InChI=1S/C15H22N2O4S/c1-15(2,3)21-14(20)17-6-4-10(5-7-17)13-16-9-11(22-13)8-12(18)19/h9-10H,4-8H2,1-3H3,(H,18,19). The second kappa shape index (κ2) is 6.64. The first-order valence-corrected chi connectivity index (χ1v) is 8.20. The Bertz CT molecular complexity index is 542. The van der Waals surface area contributed by atoms with Crippen molar-refractivity contribution in [3.63, 3.8) is 0 Å². The van der Waals surface area contributed by atoms with Gasteiger partial charge in [0.2, 0.25) is 0 Å². The van der Waals surface area contributed by atoms with Gasteiger partial charge >= 0.3 is 12.1 Å². The van der Waals surface area contributed by atoms with E-state index in [2.05, 4.69) is 4.98 Å². The van der Waals surface area contributed by atoms with Crippen LogP contribution in [0.1, 0.15) is 49.4 Å². The number of carboxylic acids is 1. The largest absolute Gasteiger partial charge is 0.481 e. The maximum absolute atomic E-state index is 12.0. The molecule has 0 bridgehead atoms. The van der Waals surface area contributed by atoms with Gasteiger partial charge in [-0.3, -0.25) is 4.79 Å². The van der Waals surface area contributed by atoms with E-state index in [1.54, 1.807) is 11.1 Å². The predicted molar refractivity (Wildman–Crippen MR) is 83.2 cm³/mol. The highest BCUT2D eigenvalue weighted by Gasteiger charge is 2.28. The maximum atomic E-state index is 12.0. The van der Waals surface area contributed by atoms with Crippen LogP contribution in [0.2, 0.25) is 0 Å². The van der Waals surface area contributed by atoms with E-state index < -0.39 is 11.6 Å². The number of amides is 1. The highest BCUT2D eigenvalue weighted by Crippen LogP contribution is 2.31. The number of piperidine rings is 1. The van der Waals surface area contributed by atoms with E-state index in [-0.39, 0.29) is 12.5 Å². The Labute approximate surface area is 134 Å². The fourth-order valence-corrected chi connectivity index (χ4v) is 3.46. The molecule has 2 heterocycles. The van der Waals surface area contributed by atoms with Crippen LogP contribution in [-0.2, 0) is 16.0 Å². The molecule has 0 aromatic carbocycles. The number of ether oxygens (including phenoxy) is 1. The first-order valence-electron chi connectivity index (χ1n) is 7.39. The van der Waals surface area contributed by atoms with Crippen molar-refractivity contribution in [3.8, 4) is 0 Å². The van der Waals surface area contributed by atoms with Crippen LogP contribution in [0.5, 0.6) is 0 Å². The zero-order chi connectivity index (χ0) is 16.3. The molecule has 1 amide bonds. The number of thiazole rings is 1. The molecular weight excluding hydrogens is 304 g/mol. The van der Waals surface area contributed by atoms with Gasteiger partial charge in [-0.25, -0.2) is 9.78 Å². The van der Waals surface area contributed by atoms with Crippen LogP contribution in [-0.4, -0.2) is 45.7 Å². The van der Waals surface area contributed by atoms with Gasteiger partial charge in [0.15, 0.2) is 0 Å². The Morgan fingerprint density at radius 3 is 2.59 bits per heavy atom. The number of hydrogen-bond donors (Lipinski definition) is 1.